The lowest BCUT2D eigenvalue weighted by atomic mass is 9.95. The zero-order chi connectivity index (χ0) is 34.8. The minimum absolute atomic E-state index is 0. The molecule has 0 radical (unpaired) electrons. The van der Waals surface area contributed by atoms with Gasteiger partial charge >= 0.3 is 0 Å². The number of unbranched alkanes of at least 4 members (excludes halogenated alkanes) is 1. The zero-order valence-corrected chi connectivity index (χ0v) is 33.1. The molecule has 6 aromatic rings. The van der Waals surface area contributed by atoms with Gasteiger partial charge in [0.15, 0.2) is 71.5 Å². The predicted octanol–water partition coefficient (Wildman–Crippen LogP) is 0.735. The fourth-order valence-electron chi connectivity index (χ4n) is 7.97. The third kappa shape index (κ3) is 6.09. The summed E-state index contributed by atoms with van der Waals surface area (Å²) in [4.78, 5) is 0. The summed E-state index contributed by atoms with van der Waals surface area (Å²) < 4.78 is 51.7. The van der Waals surface area contributed by atoms with Crippen molar-refractivity contribution in [1.82, 2.24) is 0 Å². The highest BCUT2D eigenvalue weighted by Gasteiger charge is 2.30. The molecule has 0 aliphatic carbocycles. The number of aromatic nitrogens is 2. The molecule has 0 unspecified atom stereocenters. The maximum Gasteiger partial charge on any atom is 0.231 e. The smallest absolute Gasteiger partial charge is 0.231 e. The number of methoxy groups -OCH3 is 2. The molecule has 0 N–H and O–H groups in total. The molecule has 0 atom stereocenters. The molecule has 54 heavy (non-hydrogen) atoms. The number of ether oxygens (including phenoxy) is 8. The molecule has 4 aliphatic rings. The number of rotatable bonds is 9. The van der Waals surface area contributed by atoms with E-state index in [9.17, 15) is 0 Å². The monoisotopic (exact) mass is 856 g/mol. The lowest BCUT2D eigenvalue weighted by molar-refractivity contribution is -0.686. The van der Waals surface area contributed by atoms with Gasteiger partial charge in [-0.2, -0.15) is 9.13 Å². The van der Waals surface area contributed by atoms with Crippen LogP contribution in [0.2, 0.25) is 0 Å². The molecule has 10 nitrogen and oxygen atoms in total. The Morgan fingerprint density at radius 3 is 1.41 bits per heavy atom. The number of halogens is 2. The van der Waals surface area contributed by atoms with Crippen LogP contribution in [0.25, 0.3) is 44.1 Å². The lowest BCUT2D eigenvalue weighted by Gasteiger charge is -2.18. The van der Waals surface area contributed by atoms with Crippen LogP contribution in [0, 0.1) is 0 Å². The Balaban J connectivity index is 0.00000207. The molecule has 4 aliphatic heterocycles. The van der Waals surface area contributed by atoms with E-state index in [0.717, 1.165) is 118 Å². The van der Waals surface area contributed by atoms with Crippen molar-refractivity contribution in [2.24, 2.45) is 0 Å². The Morgan fingerprint density at radius 1 is 0.556 bits per heavy atom. The molecule has 278 valence electrons. The fraction of sp³-hybridized carbons (Fsp3) is 0.286. The van der Waals surface area contributed by atoms with E-state index in [4.69, 9.17) is 37.9 Å². The third-order valence-electron chi connectivity index (χ3n) is 10.6. The largest absolute Gasteiger partial charge is 1.00 e. The second-order valence-electron chi connectivity index (χ2n) is 13.5. The van der Waals surface area contributed by atoms with Crippen LogP contribution < -0.4 is 81.0 Å². The van der Waals surface area contributed by atoms with E-state index in [0.29, 0.717) is 13.2 Å². The van der Waals surface area contributed by atoms with Gasteiger partial charge in [0.05, 0.1) is 49.3 Å². The summed E-state index contributed by atoms with van der Waals surface area (Å²) in [5.74, 6) is 6.21. The summed E-state index contributed by atoms with van der Waals surface area (Å²) in [7, 11) is 3.38. The van der Waals surface area contributed by atoms with Gasteiger partial charge in [0, 0.05) is 25.0 Å². The second-order valence-corrected chi connectivity index (χ2v) is 13.5. The molecule has 0 bridgehead atoms. The van der Waals surface area contributed by atoms with E-state index >= 15 is 0 Å². The first-order chi connectivity index (χ1) is 25.6. The van der Waals surface area contributed by atoms with Gasteiger partial charge < -0.3 is 71.9 Å². The van der Waals surface area contributed by atoms with E-state index < -0.39 is 0 Å². The Bertz CT molecular complexity index is 2270. The highest BCUT2D eigenvalue weighted by molar-refractivity contribution is 5.93. The Labute approximate surface area is 333 Å². The Kier molecular flexibility index (Phi) is 9.82. The number of nitrogens with zero attached hydrogens (tertiary/aromatic N) is 2. The summed E-state index contributed by atoms with van der Waals surface area (Å²) in [5, 5.41) is 4.23. The number of benzene rings is 4. The van der Waals surface area contributed by atoms with Crippen molar-refractivity contribution in [3.8, 4) is 68.5 Å². The van der Waals surface area contributed by atoms with E-state index in [-0.39, 0.29) is 47.5 Å². The summed E-state index contributed by atoms with van der Waals surface area (Å²) in [6.07, 6.45) is 7.83. The van der Waals surface area contributed by atoms with Crippen molar-refractivity contribution in [2.75, 3.05) is 41.0 Å². The normalized spacial score (nSPS) is 13.9. The quantitative estimate of drug-likeness (QED) is 0.156. The third-order valence-corrected chi connectivity index (χ3v) is 10.6. The van der Waals surface area contributed by atoms with Crippen molar-refractivity contribution < 1.29 is 81.0 Å². The van der Waals surface area contributed by atoms with Crippen LogP contribution in [0.1, 0.15) is 24.0 Å². The molecule has 6 heterocycles. The lowest BCUT2D eigenvalue weighted by Crippen LogP contribution is -3.00. The van der Waals surface area contributed by atoms with E-state index in [1.54, 1.807) is 14.2 Å². The van der Waals surface area contributed by atoms with E-state index in [2.05, 4.69) is 70.1 Å². The number of hydrogen-bond donors (Lipinski definition) is 0. The van der Waals surface area contributed by atoms with Crippen LogP contribution in [0.15, 0.2) is 73.1 Å². The topological polar surface area (TPSA) is 81.6 Å². The first-order valence-corrected chi connectivity index (χ1v) is 17.8. The molecule has 2 aromatic heterocycles. The first-order valence-electron chi connectivity index (χ1n) is 17.8. The molecule has 0 amide bonds. The van der Waals surface area contributed by atoms with Gasteiger partial charge in [0.25, 0.3) is 0 Å². The van der Waals surface area contributed by atoms with Crippen molar-refractivity contribution in [3.63, 3.8) is 0 Å². The van der Waals surface area contributed by atoms with Gasteiger partial charge in [0.2, 0.25) is 25.0 Å². The highest BCUT2D eigenvalue weighted by Crippen LogP contribution is 2.43. The highest BCUT2D eigenvalue weighted by atomic mass is 79.9. The molecule has 10 rings (SSSR count). The predicted molar refractivity (Wildman–Crippen MR) is 192 cm³/mol. The molecule has 0 saturated carbocycles. The van der Waals surface area contributed by atoms with Crippen molar-refractivity contribution >= 4 is 21.5 Å². The van der Waals surface area contributed by atoms with Gasteiger partial charge in [0.1, 0.15) is 0 Å². The van der Waals surface area contributed by atoms with Crippen molar-refractivity contribution in [3.05, 3.63) is 84.2 Å². The molecular weight excluding hydrogens is 820 g/mol. The van der Waals surface area contributed by atoms with Crippen LogP contribution in [-0.4, -0.2) is 41.0 Å². The number of aryl methyl sites for hydroxylation is 4. The molecule has 4 aromatic carbocycles. The summed E-state index contributed by atoms with van der Waals surface area (Å²) in [6, 6.07) is 21.1. The maximum atomic E-state index is 6.47. The van der Waals surface area contributed by atoms with Gasteiger partial charge in [-0.15, -0.1) is 0 Å². The second kappa shape index (κ2) is 14.7. The van der Waals surface area contributed by atoms with Crippen LogP contribution in [-0.2, 0) is 25.9 Å². The molecule has 12 heteroatoms. The molecular formula is C42H38Br2N2O8. The van der Waals surface area contributed by atoms with Crippen LogP contribution in [0.5, 0.6) is 46.0 Å². The molecule has 0 spiro atoms. The Morgan fingerprint density at radius 2 is 0.981 bits per heavy atom. The first kappa shape index (κ1) is 36.1. The minimum Gasteiger partial charge on any atom is -1.00 e. The van der Waals surface area contributed by atoms with Gasteiger partial charge in [-0.05, 0) is 83.3 Å². The number of hydrogen-bond acceptors (Lipinski definition) is 8. The van der Waals surface area contributed by atoms with Crippen molar-refractivity contribution in [2.45, 2.75) is 38.8 Å². The van der Waals surface area contributed by atoms with Gasteiger partial charge in [-0.1, -0.05) is 0 Å². The molecule has 0 fully saturated rings. The van der Waals surface area contributed by atoms with Crippen molar-refractivity contribution in [1.29, 1.82) is 0 Å². The van der Waals surface area contributed by atoms with E-state index in [1.165, 1.54) is 22.3 Å². The molecule has 0 saturated heterocycles. The van der Waals surface area contributed by atoms with Crippen LogP contribution >= 0.6 is 0 Å². The van der Waals surface area contributed by atoms with Gasteiger partial charge in [-0.25, -0.2) is 0 Å². The fourth-order valence-corrected chi connectivity index (χ4v) is 7.97. The average Bonchev–Trinajstić information content (AvgIpc) is 3.85. The van der Waals surface area contributed by atoms with Crippen LogP contribution in [0.3, 0.4) is 0 Å². The number of fused-ring (bicyclic) bond motifs is 10. The van der Waals surface area contributed by atoms with Crippen LogP contribution in [0.4, 0.5) is 0 Å². The number of pyridine rings is 2. The zero-order valence-electron chi connectivity index (χ0n) is 29.9. The van der Waals surface area contributed by atoms with E-state index in [1.807, 2.05) is 12.1 Å². The minimum atomic E-state index is 0. The summed E-state index contributed by atoms with van der Waals surface area (Å²) in [5.41, 5.74) is 7.21. The van der Waals surface area contributed by atoms with Gasteiger partial charge in [-0.3, -0.25) is 0 Å². The summed E-state index contributed by atoms with van der Waals surface area (Å²) >= 11 is 0. The Hall–Kier alpha value is -4.94. The average molecular weight is 859 g/mol. The summed E-state index contributed by atoms with van der Waals surface area (Å²) in [6.45, 7) is 3.33. The standard InChI is InChI=1S/C42H38N2O8.2BrH/c1-45-35-7-5-25-15-33-29-19-39-37(49-23-51-39)17-27(29)9-11-43(33)21-31(25)41(35)47-13-3-4-14-48-42-32-22-44-12-10-28-18-38-40(52-24-50-38)20-30(28)34(44)16-26(32)6-8-36(42)46-2;;/h5-8,15-22H,3-4,9-14,23-24H2,1-2H3;2*1H/q+2;;/p-2. The maximum absolute atomic E-state index is 6.47. The SMILES string of the molecule is COc1ccc2cc3[n+](cc2c1OCCCCOc1c(OC)ccc2cc4[n+](cc12)CCc1cc2c(cc1-4)OCO2)CCc1cc2c(cc1-3)OCO2.[Br-].[Br-].